The summed E-state index contributed by atoms with van der Waals surface area (Å²) in [6.45, 7) is 3.76. The highest BCUT2D eigenvalue weighted by Gasteiger charge is 2.25. The second kappa shape index (κ2) is 8.20. The smallest absolute Gasteiger partial charge is 0.223 e. The van der Waals surface area contributed by atoms with E-state index in [-0.39, 0.29) is 11.9 Å². The van der Waals surface area contributed by atoms with Crippen LogP contribution in [0.5, 0.6) is 0 Å². The summed E-state index contributed by atoms with van der Waals surface area (Å²) in [5.41, 5.74) is 5.97. The van der Waals surface area contributed by atoms with Gasteiger partial charge in [-0.15, -0.1) is 11.8 Å². The molecular weight excluding hydrogens is 348 g/mol. The lowest BCUT2D eigenvalue weighted by Gasteiger charge is -2.34. The molecule has 1 aliphatic rings. The van der Waals surface area contributed by atoms with E-state index in [1.807, 2.05) is 30.0 Å². The molecular formula is C16H23BrN2OS. The summed E-state index contributed by atoms with van der Waals surface area (Å²) < 4.78 is 1.09. The van der Waals surface area contributed by atoms with Crippen molar-refractivity contribution in [1.82, 2.24) is 4.90 Å². The molecule has 21 heavy (non-hydrogen) atoms. The van der Waals surface area contributed by atoms with Crippen molar-refractivity contribution in [3.63, 3.8) is 0 Å². The van der Waals surface area contributed by atoms with Gasteiger partial charge in [0, 0.05) is 40.7 Å². The Balaban J connectivity index is 1.78. The summed E-state index contributed by atoms with van der Waals surface area (Å²) >= 11 is 5.26. The zero-order chi connectivity index (χ0) is 15.2. The highest BCUT2D eigenvalue weighted by Crippen LogP contribution is 2.28. The molecule has 0 aromatic heterocycles. The molecule has 1 fully saturated rings. The number of amides is 1. The first-order valence-electron chi connectivity index (χ1n) is 7.48. The zero-order valence-corrected chi connectivity index (χ0v) is 14.8. The molecule has 1 heterocycles. The van der Waals surface area contributed by atoms with Crippen molar-refractivity contribution < 1.29 is 4.79 Å². The van der Waals surface area contributed by atoms with Gasteiger partial charge in [-0.3, -0.25) is 4.79 Å². The van der Waals surface area contributed by atoms with E-state index >= 15 is 0 Å². The van der Waals surface area contributed by atoms with Crippen LogP contribution in [-0.2, 0) is 4.79 Å². The molecule has 2 unspecified atom stereocenters. The number of nitrogens with zero attached hydrogens (tertiary/aromatic N) is 1. The fourth-order valence-electron chi connectivity index (χ4n) is 2.63. The van der Waals surface area contributed by atoms with Crippen LogP contribution in [0.4, 0.5) is 0 Å². The third-order valence-corrected chi connectivity index (χ3v) is 5.99. The lowest BCUT2D eigenvalue weighted by molar-refractivity contribution is -0.132. The van der Waals surface area contributed by atoms with Crippen LogP contribution in [-0.4, -0.2) is 35.7 Å². The van der Waals surface area contributed by atoms with Gasteiger partial charge in [0.2, 0.25) is 5.91 Å². The standard InChI is InChI=1S/C16H23BrN2OS/c1-12(18)13-5-4-9-19(11-13)16(20)8-10-21-15-7-3-2-6-14(15)17/h2-3,6-7,12-13H,4-5,8-11,18H2,1H3. The van der Waals surface area contributed by atoms with E-state index in [1.54, 1.807) is 11.8 Å². The molecule has 0 saturated carbocycles. The number of carbonyl (C=O) groups is 1. The molecule has 116 valence electrons. The first kappa shape index (κ1) is 16.8. The molecule has 2 atom stereocenters. The third-order valence-electron chi connectivity index (χ3n) is 3.96. The molecule has 0 aliphatic carbocycles. The molecule has 0 bridgehead atoms. The molecule has 1 aromatic rings. The SMILES string of the molecule is CC(N)C1CCCN(C(=O)CCSc2ccccc2Br)C1. The fourth-order valence-corrected chi connectivity index (χ4v) is 4.14. The third kappa shape index (κ3) is 5.01. The number of nitrogens with two attached hydrogens (primary N) is 1. The summed E-state index contributed by atoms with van der Waals surface area (Å²) in [7, 11) is 0. The van der Waals surface area contributed by atoms with Gasteiger partial charge in [0.1, 0.15) is 0 Å². The Hall–Kier alpha value is -0.520. The Bertz CT molecular complexity index is 481. The van der Waals surface area contributed by atoms with Gasteiger partial charge in [-0.25, -0.2) is 0 Å². The highest BCUT2D eigenvalue weighted by atomic mass is 79.9. The van der Waals surface area contributed by atoms with Crippen LogP contribution in [0, 0.1) is 5.92 Å². The second-order valence-corrected chi connectivity index (χ2v) is 7.62. The zero-order valence-electron chi connectivity index (χ0n) is 12.4. The number of halogens is 1. The maximum Gasteiger partial charge on any atom is 0.223 e. The molecule has 2 rings (SSSR count). The lowest BCUT2D eigenvalue weighted by atomic mass is 9.92. The van der Waals surface area contributed by atoms with E-state index in [0.29, 0.717) is 12.3 Å². The van der Waals surface area contributed by atoms with Gasteiger partial charge in [0.05, 0.1) is 0 Å². The summed E-state index contributed by atoms with van der Waals surface area (Å²) in [5, 5.41) is 0. The van der Waals surface area contributed by atoms with Crippen molar-refractivity contribution in [3.05, 3.63) is 28.7 Å². The Labute approximate surface area is 139 Å². The van der Waals surface area contributed by atoms with Crippen LogP contribution in [0.3, 0.4) is 0 Å². The fraction of sp³-hybridized carbons (Fsp3) is 0.562. The number of benzene rings is 1. The monoisotopic (exact) mass is 370 g/mol. The molecule has 1 amide bonds. The van der Waals surface area contributed by atoms with Crippen molar-refractivity contribution in [1.29, 1.82) is 0 Å². The molecule has 0 radical (unpaired) electrons. The normalized spacial score (nSPS) is 20.3. The van der Waals surface area contributed by atoms with Gasteiger partial charge in [-0.05, 0) is 53.7 Å². The maximum absolute atomic E-state index is 12.3. The number of rotatable bonds is 5. The van der Waals surface area contributed by atoms with Gasteiger partial charge in [-0.2, -0.15) is 0 Å². The maximum atomic E-state index is 12.3. The first-order chi connectivity index (χ1) is 10.1. The molecule has 1 saturated heterocycles. The summed E-state index contributed by atoms with van der Waals surface area (Å²) in [5.74, 6) is 1.54. The molecule has 3 nitrogen and oxygen atoms in total. The van der Waals surface area contributed by atoms with Crippen LogP contribution in [0.25, 0.3) is 0 Å². The highest BCUT2D eigenvalue weighted by molar-refractivity contribution is 9.10. The number of carbonyl (C=O) groups excluding carboxylic acids is 1. The summed E-state index contributed by atoms with van der Waals surface area (Å²) in [4.78, 5) is 15.5. The van der Waals surface area contributed by atoms with E-state index in [4.69, 9.17) is 5.73 Å². The van der Waals surface area contributed by atoms with E-state index in [2.05, 4.69) is 22.0 Å². The lowest BCUT2D eigenvalue weighted by Crippen LogP contribution is -2.45. The van der Waals surface area contributed by atoms with Crippen LogP contribution < -0.4 is 5.73 Å². The van der Waals surface area contributed by atoms with Crippen molar-refractivity contribution in [3.8, 4) is 0 Å². The Morgan fingerprint density at radius 3 is 3.00 bits per heavy atom. The van der Waals surface area contributed by atoms with Crippen LogP contribution in [0.2, 0.25) is 0 Å². The summed E-state index contributed by atoms with van der Waals surface area (Å²) in [6, 6.07) is 8.30. The van der Waals surface area contributed by atoms with E-state index in [0.717, 1.165) is 36.2 Å². The predicted octanol–water partition coefficient (Wildman–Crippen LogP) is 3.52. The van der Waals surface area contributed by atoms with Crippen LogP contribution in [0.1, 0.15) is 26.2 Å². The molecule has 1 aromatic carbocycles. The largest absolute Gasteiger partial charge is 0.342 e. The van der Waals surface area contributed by atoms with Crippen molar-refractivity contribution >= 4 is 33.6 Å². The number of hydrogen-bond donors (Lipinski definition) is 1. The van der Waals surface area contributed by atoms with Crippen molar-refractivity contribution in [2.75, 3.05) is 18.8 Å². The average molecular weight is 371 g/mol. The first-order valence-corrected chi connectivity index (χ1v) is 9.26. The minimum absolute atomic E-state index is 0.176. The van der Waals surface area contributed by atoms with E-state index < -0.39 is 0 Å². The Morgan fingerprint density at radius 2 is 2.29 bits per heavy atom. The second-order valence-electron chi connectivity index (χ2n) is 5.63. The van der Waals surface area contributed by atoms with Crippen molar-refractivity contribution in [2.45, 2.75) is 37.1 Å². The Morgan fingerprint density at radius 1 is 1.52 bits per heavy atom. The van der Waals surface area contributed by atoms with Crippen LogP contribution >= 0.6 is 27.7 Å². The van der Waals surface area contributed by atoms with Crippen molar-refractivity contribution in [2.24, 2.45) is 11.7 Å². The number of likely N-dealkylation sites (tertiary alicyclic amines) is 1. The topological polar surface area (TPSA) is 46.3 Å². The van der Waals surface area contributed by atoms with Gasteiger partial charge >= 0.3 is 0 Å². The van der Waals surface area contributed by atoms with E-state index in [9.17, 15) is 4.79 Å². The van der Waals surface area contributed by atoms with Crippen LogP contribution in [0.15, 0.2) is 33.6 Å². The van der Waals surface area contributed by atoms with Gasteiger partial charge in [0.25, 0.3) is 0 Å². The minimum Gasteiger partial charge on any atom is -0.342 e. The average Bonchev–Trinajstić information content (AvgIpc) is 2.49. The van der Waals surface area contributed by atoms with E-state index in [1.165, 1.54) is 4.90 Å². The molecule has 2 N–H and O–H groups in total. The predicted molar refractivity (Wildman–Crippen MR) is 92.4 cm³/mol. The number of piperidine rings is 1. The van der Waals surface area contributed by atoms with Gasteiger partial charge in [-0.1, -0.05) is 12.1 Å². The number of thioether (sulfide) groups is 1. The molecule has 5 heteroatoms. The minimum atomic E-state index is 0.176. The quantitative estimate of drug-likeness (QED) is 0.806. The number of hydrogen-bond acceptors (Lipinski definition) is 3. The van der Waals surface area contributed by atoms with Gasteiger partial charge in [0.15, 0.2) is 0 Å². The summed E-state index contributed by atoms with van der Waals surface area (Å²) in [6.07, 6.45) is 2.82. The Kier molecular flexibility index (Phi) is 6.58. The molecule has 1 aliphatic heterocycles. The van der Waals surface area contributed by atoms with Gasteiger partial charge < -0.3 is 10.6 Å². The molecule has 0 spiro atoms.